The quantitative estimate of drug-likeness (QED) is 0.378. The Morgan fingerprint density at radius 3 is 2.90 bits per heavy atom. The average Bonchev–Trinajstić information content (AvgIpc) is 3.14. The Hall–Kier alpha value is -2.57. The van der Waals surface area contributed by atoms with Crippen LogP contribution in [-0.4, -0.2) is 31.2 Å². The number of aryl methyl sites for hydroxylation is 1. The minimum absolute atomic E-state index is 0.154. The molecule has 29 heavy (non-hydrogen) atoms. The van der Waals surface area contributed by atoms with Crippen LogP contribution < -0.4 is 14.8 Å². The minimum atomic E-state index is -0.154. The van der Waals surface area contributed by atoms with Crippen molar-refractivity contribution in [2.75, 3.05) is 20.3 Å². The van der Waals surface area contributed by atoms with Crippen LogP contribution in [0.5, 0.6) is 11.5 Å². The first-order valence-corrected chi connectivity index (χ1v) is 10.6. The summed E-state index contributed by atoms with van der Waals surface area (Å²) in [5.74, 6) is 0.890. The van der Waals surface area contributed by atoms with Crippen molar-refractivity contribution in [3.05, 3.63) is 58.1 Å². The number of benzene rings is 2. The van der Waals surface area contributed by atoms with Gasteiger partial charge in [-0.3, -0.25) is 4.79 Å². The molecule has 2 aromatic carbocycles. The highest BCUT2D eigenvalue weighted by Gasteiger charge is 2.10. The van der Waals surface area contributed by atoms with Gasteiger partial charge in [-0.05, 0) is 49.2 Å². The van der Waals surface area contributed by atoms with Gasteiger partial charge >= 0.3 is 0 Å². The number of thiazole rings is 1. The molecular formula is C22H23ClN2O3S. The maximum Gasteiger partial charge on any atom is 0.243 e. The molecule has 0 saturated heterocycles. The van der Waals surface area contributed by atoms with Gasteiger partial charge < -0.3 is 14.8 Å². The molecular weight excluding hydrogens is 408 g/mol. The fourth-order valence-corrected chi connectivity index (χ4v) is 4.11. The van der Waals surface area contributed by atoms with E-state index in [1.165, 1.54) is 10.8 Å². The van der Waals surface area contributed by atoms with E-state index in [0.717, 1.165) is 28.9 Å². The molecule has 0 spiro atoms. The maximum atomic E-state index is 12.1. The van der Waals surface area contributed by atoms with Gasteiger partial charge in [0.1, 0.15) is 0 Å². The fourth-order valence-electron chi connectivity index (χ4n) is 2.83. The molecule has 1 amide bonds. The Morgan fingerprint density at radius 2 is 2.14 bits per heavy atom. The molecule has 5 nitrogen and oxygen atoms in total. The van der Waals surface area contributed by atoms with E-state index < -0.39 is 0 Å². The Labute approximate surface area is 179 Å². The molecule has 0 saturated carbocycles. The van der Waals surface area contributed by atoms with Crippen molar-refractivity contribution in [1.82, 2.24) is 10.3 Å². The number of aromatic nitrogens is 1. The Kier molecular flexibility index (Phi) is 7.49. The lowest BCUT2D eigenvalue weighted by atomic mass is 10.2. The molecule has 0 fully saturated rings. The molecule has 0 aliphatic rings. The summed E-state index contributed by atoms with van der Waals surface area (Å²) in [6.45, 7) is 2.96. The molecule has 0 radical (unpaired) electrons. The van der Waals surface area contributed by atoms with Crippen molar-refractivity contribution in [3.63, 3.8) is 0 Å². The molecule has 152 valence electrons. The summed E-state index contributed by atoms with van der Waals surface area (Å²) in [5.41, 5.74) is 1.80. The first-order chi connectivity index (χ1) is 14.1. The van der Waals surface area contributed by atoms with Gasteiger partial charge in [-0.2, -0.15) is 0 Å². The largest absolute Gasteiger partial charge is 0.493 e. The van der Waals surface area contributed by atoms with Crippen LogP contribution in [0.1, 0.15) is 23.9 Å². The Bertz CT molecular complexity index is 983. The number of ether oxygens (including phenoxy) is 2. The van der Waals surface area contributed by atoms with Crippen LogP contribution in [0.15, 0.2) is 42.5 Å². The van der Waals surface area contributed by atoms with Gasteiger partial charge in [0, 0.05) is 19.0 Å². The highest BCUT2D eigenvalue weighted by atomic mass is 35.5. The highest BCUT2D eigenvalue weighted by molar-refractivity contribution is 7.18. The average molecular weight is 431 g/mol. The first kappa shape index (κ1) is 21.1. The summed E-state index contributed by atoms with van der Waals surface area (Å²) >= 11 is 7.95. The number of hydrogen-bond acceptors (Lipinski definition) is 5. The molecule has 0 atom stereocenters. The van der Waals surface area contributed by atoms with Crippen molar-refractivity contribution in [3.8, 4) is 11.5 Å². The molecule has 3 rings (SSSR count). The molecule has 3 aromatic rings. The fraction of sp³-hybridized carbons (Fsp3) is 0.273. The second kappa shape index (κ2) is 10.3. The minimum Gasteiger partial charge on any atom is -0.493 e. The van der Waals surface area contributed by atoms with E-state index in [0.29, 0.717) is 29.7 Å². The summed E-state index contributed by atoms with van der Waals surface area (Å²) in [5, 5.41) is 4.43. The van der Waals surface area contributed by atoms with E-state index in [1.807, 2.05) is 25.1 Å². The van der Waals surface area contributed by atoms with Gasteiger partial charge in [-0.1, -0.05) is 23.7 Å². The summed E-state index contributed by atoms with van der Waals surface area (Å²) < 4.78 is 12.0. The summed E-state index contributed by atoms with van der Waals surface area (Å²) in [4.78, 5) is 16.7. The van der Waals surface area contributed by atoms with E-state index in [9.17, 15) is 4.79 Å². The molecule has 0 unspecified atom stereocenters. The summed E-state index contributed by atoms with van der Waals surface area (Å²) in [7, 11) is 1.56. The van der Waals surface area contributed by atoms with Crippen molar-refractivity contribution in [2.45, 2.75) is 19.8 Å². The molecule has 1 heterocycles. The van der Waals surface area contributed by atoms with Gasteiger partial charge in [-0.25, -0.2) is 4.98 Å². The molecule has 1 aromatic heterocycles. The van der Waals surface area contributed by atoms with E-state index in [1.54, 1.807) is 36.7 Å². The van der Waals surface area contributed by atoms with Crippen LogP contribution in [0, 0.1) is 0 Å². The molecule has 0 aliphatic heterocycles. The Morgan fingerprint density at radius 1 is 1.31 bits per heavy atom. The van der Waals surface area contributed by atoms with Crippen LogP contribution in [0.4, 0.5) is 0 Å². The van der Waals surface area contributed by atoms with Crippen molar-refractivity contribution < 1.29 is 14.3 Å². The van der Waals surface area contributed by atoms with Crippen LogP contribution in [0.25, 0.3) is 16.3 Å². The van der Waals surface area contributed by atoms with Gasteiger partial charge in [0.05, 0.1) is 34.0 Å². The van der Waals surface area contributed by atoms with E-state index in [2.05, 4.69) is 16.4 Å². The highest BCUT2D eigenvalue weighted by Crippen LogP contribution is 2.36. The number of nitrogens with one attached hydrogen (secondary N) is 1. The van der Waals surface area contributed by atoms with Crippen LogP contribution >= 0.6 is 22.9 Å². The van der Waals surface area contributed by atoms with Crippen LogP contribution in [-0.2, 0) is 11.2 Å². The number of hydrogen-bond donors (Lipinski definition) is 1. The van der Waals surface area contributed by atoms with E-state index >= 15 is 0 Å². The predicted molar refractivity (Wildman–Crippen MR) is 119 cm³/mol. The monoisotopic (exact) mass is 430 g/mol. The van der Waals surface area contributed by atoms with Gasteiger partial charge in [0.25, 0.3) is 0 Å². The zero-order chi connectivity index (χ0) is 20.6. The van der Waals surface area contributed by atoms with Crippen molar-refractivity contribution in [2.24, 2.45) is 0 Å². The molecule has 1 N–H and O–H groups in total. The number of rotatable bonds is 9. The lowest BCUT2D eigenvalue weighted by Crippen LogP contribution is -2.22. The van der Waals surface area contributed by atoms with Crippen LogP contribution in [0.3, 0.4) is 0 Å². The molecule has 0 bridgehead atoms. The zero-order valence-electron chi connectivity index (χ0n) is 16.4. The molecule has 0 aliphatic carbocycles. The number of carbonyl (C=O) groups is 1. The predicted octanol–water partition coefficient (Wildman–Crippen LogP) is 5.12. The second-order valence-corrected chi connectivity index (χ2v) is 7.79. The van der Waals surface area contributed by atoms with Crippen molar-refractivity contribution >= 4 is 45.1 Å². The summed E-state index contributed by atoms with van der Waals surface area (Å²) in [6, 6.07) is 11.6. The standard InChI is InChI=1S/C22H23ClN2O3S/c1-3-28-22-16(23)13-15(14-18(22)27-2)10-11-20(26)24-12-6-9-21-25-17-7-4-5-8-19(17)29-21/h4-5,7-8,10-11,13-14H,3,6,9,12H2,1-2H3,(H,24,26)/b11-10+. The third-order valence-corrected chi connectivity index (χ3v) is 5.55. The first-order valence-electron chi connectivity index (χ1n) is 9.41. The Balaban J connectivity index is 1.50. The normalized spacial score (nSPS) is 11.1. The van der Waals surface area contributed by atoms with E-state index in [4.69, 9.17) is 21.1 Å². The maximum absolute atomic E-state index is 12.1. The number of amides is 1. The lowest BCUT2D eigenvalue weighted by molar-refractivity contribution is -0.116. The van der Waals surface area contributed by atoms with Gasteiger partial charge in [0.15, 0.2) is 11.5 Å². The summed E-state index contributed by atoms with van der Waals surface area (Å²) in [6.07, 6.45) is 4.87. The van der Waals surface area contributed by atoms with Crippen molar-refractivity contribution in [1.29, 1.82) is 0 Å². The van der Waals surface area contributed by atoms with Gasteiger partial charge in [0.2, 0.25) is 5.91 Å². The molecule has 7 heteroatoms. The van der Waals surface area contributed by atoms with Crippen LogP contribution in [0.2, 0.25) is 5.02 Å². The number of nitrogens with zero attached hydrogens (tertiary/aromatic N) is 1. The second-order valence-electron chi connectivity index (χ2n) is 6.27. The lowest BCUT2D eigenvalue weighted by Gasteiger charge is -2.11. The number of halogens is 1. The number of methoxy groups -OCH3 is 1. The third kappa shape index (κ3) is 5.71. The zero-order valence-corrected chi connectivity index (χ0v) is 18.0. The van der Waals surface area contributed by atoms with E-state index in [-0.39, 0.29) is 5.91 Å². The van der Waals surface area contributed by atoms with Gasteiger partial charge in [-0.15, -0.1) is 11.3 Å². The third-order valence-electron chi connectivity index (χ3n) is 4.17. The smallest absolute Gasteiger partial charge is 0.243 e. The topological polar surface area (TPSA) is 60.5 Å². The SMILES string of the molecule is CCOc1c(Cl)cc(/C=C/C(=O)NCCCc2nc3ccccc3s2)cc1OC. The number of carbonyl (C=O) groups excluding carboxylic acids is 1. The number of fused-ring (bicyclic) bond motifs is 1. The number of para-hydroxylation sites is 1.